The Hall–Kier alpha value is -3.02. The van der Waals surface area contributed by atoms with Crippen LogP contribution in [-0.4, -0.2) is 25.4 Å². The Labute approximate surface area is 191 Å². The van der Waals surface area contributed by atoms with Gasteiger partial charge in [0.1, 0.15) is 13.2 Å². The molecular formula is C26H36N2O4. The van der Waals surface area contributed by atoms with Gasteiger partial charge in [0.2, 0.25) is 0 Å². The number of carbonyl (C=O) groups excluding carboxylic acids is 2. The molecule has 0 saturated carbocycles. The van der Waals surface area contributed by atoms with Gasteiger partial charge in [-0.15, -0.1) is 0 Å². The Kier molecular flexibility index (Phi) is 7.94. The summed E-state index contributed by atoms with van der Waals surface area (Å²) >= 11 is 0. The van der Waals surface area contributed by atoms with E-state index in [1.807, 2.05) is 79.7 Å². The number of aryl methyl sites for hydroxylation is 4. The molecule has 6 nitrogen and oxygen atoms in total. The van der Waals surface area contributed by atoms with E-state index in [0.717, 1.165) is 22.3 Å². The van der Waals surface area contributed by atoms with Gasteiger partial charge in [0.05, 0.1) is 11.1 Å². The maximum Gasteiger partial charge on any atom is 0.407 e. The molecule has 0 aliphatic carbocycles. The van der Waals surface area contributed by atoms with Gasteiger partial charge in [-0.1, -0.05) is 36.4 Å². The molecule has 0 saturated heterocycles. The number of rotatable bonds is 7. The molecule has 0 aromatic heterocycles. The van der Waals surface area contributed by atoms with E-state index in [4.69, 9.17) is 9.47 Å². The van der Waals surface area contributed by atoms with Crippen molar-refractivity contribution in [1.82, 2.24) is 10.6 Å². The number of alkyl carbamates (subject to hydrolysis) is 2. The van der Waals surface area contributed by atoms with E-state index >= 15 is 0 Å². The molecule has 6 heteroatoms. The Morgan fingerprint density at radius 3 is 1.31 bits per heavy atom. The summed E-state index contributed by atoms with van der Waals surface area (Å²) in [5.74, 6) is 0. The van der Waals surface area contributed by atoms with Crippen molar-refractivity contribution < 1.29 is 19.1 Å². The number of carbonyl (C=O) groups is 2. The first-order valence-electron chi connectivity index (χ1n) is 10.9. The van der Waals surface area contributed by atoms with Crippen LogP contribution < -0.4 is 10.6 Å². The Morgan fingerprint density at radius 2 is 1.00 bits per heavy atom. The highest BCUT2D eigenvalue weighted by Gasteiger charge is 2.25. The van der Waals surface area contributed by atoms with E-state index in [1.165, 1.54) is 11.1 Å². The molecule has 0 unspecified atom stereocenters. The van der Waals surface area contributed by atoms with Crippen LogP contribution in [0.25, 0.3) is 0 Å². The van der Waals surface area contributed by atoms with Crippen molar-refractivity contribution >= 4 is 12.2 Å². The minimum atomic E-state index is -0.593. The molecule has 0 aliphatic rings. The lowest BCUT2D eigenvalue weighted by atomic mass is 9.92. The van der Waals surface area contributed by atoms with Crippen LogP contribution in [0.5, 0.6) is 0 Å². The molecule has 2 aromatic carbocycles. The molecule has 0 radical (unpaired) electrons. The van der Waals surface area contributed by atoms with E-state index in [2.05, 4.69) is 22.8 Å². The monoisotopic (exact) mass is 440 g/mol. The van der Waals surface area contributed by atoms with Gasteiger partial charge in [0.15, 0.2) is 0 Å². The van der Waals surface area contributed by atoms with Crippen molar-refractivity contribution in [3.05, 3.63) is 69.8 Å². The Morgan fingerprint density at radius 1 is 0.656 bits per heavy atom. The minimum absolute atomic E-state index is 0.0354. The third kappa shape index (κ3) is 6.74. The van der Waals surface area contributed by atoms with Crippen molar-refractivity contribution in [2.75, 3.05) is 13.2 Å². The maximum absolute atomic E-state index is 12.2. The summed E-state index contributed by atoms with van der Waals surface area (Å²) in [6.45, 7) is 15.8. The third-order valence-corrected chi connectivity index (χ3v) is 5.84. The van der Waals surface area contributed by atoms with Crippen molar-refractivity contribution in [2.45, 2.75) is 66.5 Å². The molecule has 2 aromatic rings. The molecule has 2 rings (SSSR count). The summed E-state index contributed by atoms with van der Waals surface area (Å²) in [5, 5.41) is 5.72. The smallest absolute Gasteiger partial charge is 0.407 e. The summed E-state index contributed by atoms with van der Waals surface area (Å²) in [5.41, 5.74) is 5.51. The van der Waals surface area contributed by atoms with Gasteiger partial charge in [0, 0.05) is 0 Å². The lowest BCUT2D eigenvalue weighted by Crippen LogP contribution is -2.42. The predicted molar refractivity (Wildman–Crippen MR) is 127 cm³/mol. The quantitative estimate of drug-likeness (QED) is 0.554. The summed E-state index contributed by atoms with van der Waals surface area (Å²) < 4.78 is 10.4. The van der Waals surface area contributed by atoms with Crippen LogP contribution in [0.2, 0.25) is 0 Å². The number of nitrogens with one attached hydrogen (secondary N) is 2. The standard InChI is InChI=1S/C26H36N2O4/c1-17-9-11-21(15-19(17)3)25(5,6)27-23(29)31-13-14-32-24(30)28-26(7,8)22-12-10-18(2)20(4)16-22/h9-12,15-16H,13-14H2,1-8H3,(H,27,29)(H,28,30). The topological polar surface area (TPSA) is 76.7 Å². The fourth-order valence-corrected chi connectivity index (χ4v) is 3.26. The number of hydrogen-bond donors (Lipinski definition) is 2. The first kappa shape index (κ1) is 25.2. The van der Waals surface area contributed by atoms with Gasteiger partial charge >= 0.3 is 12.2 Å². The first-order valence-corrected chi connectivity index (χ1v) is 10.9. The predicted octanol–water partition coefficient (Wildman–Crippen LogP) is 5.54. The Balaban J connectivity index is 1.79. The highest BCUT2D eigenvalue weighted by molar-refractivity contribution is 5.69. The maximum atomic E-state index is 12.2. The summed E-state index contributed by atoms with van der Waals surface area (Å²) in [7, 11) is 0. The number of benzene rings is 2. The number of ether oxygens (including phenoxy) is 2. The van der Waals surface area contributed by atoms with Gasteiger partial charge in [-0.25, -0.2) is 9.59 Å². The minimum Gasteiger partial charge on any atom is -0.446 e. The summed E-state index contributed by atoms with van der Waals surface area (Å²) in [6.07, 6.45) is -1.12. The van der Waals surface area contributed by atoms with Gasteiger partial charge < -0.3 is 20.1 Å². The molecule has 32 heavy (non-hydrogen) atoms. The van der Waals surface area contributed by atoms with Gasteiger partial charge in [-0.05, 0) is 88.8 Å². The molecule has 2 amide bonds. The van der Waals surface area contributed by atoms with Crippen molar-refractivity contribution in [3.8, 4) is 0 Å². The molecule has 0 spiro atoms. The second kappa shape index (κ2) is 10.1. The van der Waals surface area contributed by atoms with Gasteiger partial charge in [-0.3, -0.25) is 0 Å². The summed E-state index contributed by atoms with van der Waals surface area (Å²) in [4.78, 5) is 24.4. The third-order valence-electron chi connectivity index (χ3n) is 5.84. The van der Waals surface area contributed by atoms with E-state index in [0.29, 0.717) is 0 Å². The van der Waals surface area contributed by atoms with Crippen LogP contribution in [0.15, 0.2) is 36.4 Å². The molecule has 174 valence electrons. The van der Waals surface area contributed by atoms with E-state index < -0.39 is 23.3 Å². The molecule has 0 bridgehead atoms. The fraction of sp³-hybridized carbons (Fsp3) is 0.462. The summed E-state index contributed by atoms with van der Waals surface area (Å²) in [6, 6.07) is 12.2. The highest BCUT2D eigenvalue weighted by atomic mass is 16.6. The zero-order valence-electron chi connectivity index (χ0n) is 20.5. The van der Waals surface area contributed by atoms with Crippen LogP contribution >= 0.6 is 0 Å². The normalized spacial score (nSPS) is 11.6. The van der Waals surface area contributed by atoms with Crippen LogP contribution in [0.3, 0.4) is 0 Å². The average Bonchev–Trinajstić information content (AvgIpc) is 2.68. The molecule has 0 heterocycles. The van der Waals surface area contributed by atoms with Crippen molar-refractivity contribution in [1.29, 1.82) is 0 Å². The second-order valence-electron chi connectivity index (χ2n) is 9.37. The van der Waals surface area contributed by atoms with E-state index in [-0.39, 0.29) is 13.2 Å². The molecule has 0 aliphatic heterocycles. The SMILES string of the molecule is Cc1ccc(C(C)(C)NC(=O)OCCOC(=O)NC(C)(C)c2ccc(C)c(C)c2)cc1C. The van der Waals surface area contributed by atoms with Crippen LogP contribution in [0, 0.1) is 27.7 Å². The average molecular weight is 441 g/mol. The molecule has 0 atom stereocenters. The van der Waals surface area contributed by atoms with E-state index in [1.54, 1.807) is 0 Å². The molecular weight excluding hydrogens is 404 g/mol. The van der Waals surface area contributed by atoms with Crippen molar-refractivity contribution in [3.63, 3.8) is 0 Å². The highest BCUT2D eigenvalue weighted by Crippen LogP contribution is 2.23. The zero-order chi connectivity index (χ0) is 24.1. The van der Waals surface area contributed by atoms with Crippen molar-refractivity contribution in [2.24, 2.45) is 0 Å². The Bertz CT molecular complexity index is 900. The van der Waals surface area contributed by atoms with Crippen LogP contribution in [0.4, 0.5) is 9.59 Å². The second-order valence-corrected chi connectivity index (χ2v) is 9.37. The van der Waals surface area contributed by atoms with Crippen LogP contribution in [-0.2, 0) is 20.6 Å². The first-order chi connectivity index (χ1) is 14.8. The van der Waals surface area contributed by atoms with E-state index in [9.17, 15) is 9.59 Å². The lowest BCUT2D eigenvalue weighted by molar-refractivity contribution is 0.0874. The fourth-order valence-electron chi connectivity index (χ4n) is 3.26. The van der Waals surface area contributed by atoms with Gasteiger partial charge in [-0.2, -0.15) is 0 Å². The number of hydrogen-bond acceptors (Lipinski definition) is 4. The molecule has 0 fully saturated rings. The largest absolute Gasteiger partial charge is 0.446 e. The number of amides is 2. The zero-order valence-corrected chi connectivity index (χ0v) is 20.5. The van der Waals surface area contributed by atoms with Gasteiger partial charge in [0.25, 0.3) is 0 Å². The lowest BCUT2D eigenvalue weighted by Gasteiger charge is -2.27. The van der Waals surface area contributed by atoms with Crippen LogP contribution in [0.1, 0.15) is 61.1 Å². The molecule has 2 N–H and O–H groups in total.